The van der Waals surface area contributed by atoms with E-state index < -0.39 is 17.7 Å². The Balaban J connectivity index is 1.95. The zero-order valence-electron chi connectivity index (χ0n) is 17.3. The van der Waals surface area contributed by atoms with Crippen molar-refractivity contribution in [2.45, 2.75) is 39.8 Å². The zero-order chi connectivity index (χ0) is 21.6. The van der Waals surface area contributed by atoms with E-state index in [0.29, 0.717) is 28.9 Å². The Labute approximate surface area is 170 Å². The first-order chi connectivity index (χ1) is 13.6. The molecule has 2 amide bonds. The highest BCUT2D eigenvalue weighted by Crippen LogP contribution is 2.15. The fraction of sp³-hybridized carbons (Fsp3) is 0.318. The SMILES string of the molecule is COC(=O)c1ccc(C(=O)Nc2ccc(CNC(=O)OC(C)(C)C)cc2)cc1C. The van der Waals surface area contributed by atoms with Crippen LogP contribution in [0.3, 0.4) is 0 Å². The highest BCUT2D eigenvalue weighted by molar-refractivity contribution is 6.05. The van der Waals surface area contributed by atoms with Gasteiger partial charge in [-0.15, -0.1) is 0 Å². The molecule has 2 aromatic rings. The number of carbonyl (C=O) groups excluding carboxylic acids is 3. The molecule has 2 rings (SSSR count). The molecule has 0 aliphatic heterocycles. The highest BCUT2D eigenvalue weighted by atomic mass is 16.6. The number of methoxy groups -OCH3 is 1. The molecule has 7 nitrogen and oxygen atoms in total. The molecule has 0 saturated heterocycles. The van der Waals surface area contributed by atoms with Gasteiger partial charge in [0.1, 0.15) is 5.60 Å². The van der Waals surface area contributed by atoms with Crippen molar-refractivity contribution in [3.8, 4) is 0 Å². The molecule has 0 aromatic heterocycles. The van der Waals surface area contributed by atoms with Crippen LogP contribution in [0, 0.1) is 6.92 Å². The lowest BCUT2D eigenvalue weighted by Crippen LogP contribution is -2.32. The second-order valence-corrected chi connectivity index (χ2v) is 7.53. The van der Waals surface area contributed by atoms with Crippen molar-refractivity contribution in [1.82, 2.24) is 5.32 Å². The summed E-state index contributed by atoms with van der Waals surface area (Å²) in [5, 5.41) is 5.48. The van der Waals surface area contributed by atoms with E-state index in [1.54, 1.807) is 70.2 Å². The van der Waals surface area contributed by atoms with Gasteiger partial charge in [-0.25, -0.2) is 9.59 Å². The number of carbonyl (C=O) groups is 3. The molecule has 0 spiro atoms. The van der Waals surface area contributed by atoms with E-state index in [4.69, 9.17) is 9.47 Å². The summed E-state index contributed by atoms with van der Waals surface area (Å²) in [6.45, 7) is 7.46. The molecule has 0 radical (unpaired) electrons. The summed E-state index contributed by atoms with van der Waals surface area (Å²) in [5.41, 5.74) is 2.45. The molecule has 0 bridgehead atoms. The lowest BCUT2D eigenvalue weighted by Gasteiger charge is -2.19. The van der Waals surface area contributed by atoms with Crippen molar-refractivity contribution in [2.75, 3.05) is 12.4 Å². The van der Waals surface area contributed by atoms with Gasteiger partial charge < -0.3 is 20.1 Å². The number of anilines is 1. The summed E-state index contributed by atoms with van der Waals surface area (Å²) in [6.07, 6.45) is -0.486. The molecule has 29 heavy (non-hydrogen) atoms. The van der Waals surface area contributed by atoms with E-state index in [1.807, 2.05) is 0 Å². The fourth-order valence-corrected chi connectivity index (χ4v) is 2.54. The topological polar surface area (TPSA) is 93.7 Å². The van der Waals surface area contributed by atoms with Crippen molar-refractivity contribution in [3.63, 3.8) is 0 Å². The molecular formula is C22H26N2O5. The third kappa shape index (κ3) is 6.64. The van der Waals surface area contributed by atoms with Crippen LogP contribution in [0.4, 0.5) is 10.5 Å². The molecule has 0 aliphatic rings. The third-order valence-electron chi connectivity index (χ3n) is 3.94. The maximum absolute atomic E-state index is 12.4. The first-order valence-electron chi connectivity index (χ1n) is 9.15. The minimum atomic E-state index is -0.550. The molecule has 154 valence electrons. The van der Waals surface area contributed by atoms with Gasteiger partial charge in [0.05, 0.1) is 12.7 Å². The molecular weight excluding hydrogens is 372 g/mol. The summed E-state index contributed by atoms with van der Waals surface area (Å²) in [7, 11) is 1.31. The number of rotatable bonds is 5. The summed E-state index contributed by atoms with van der Waals surface area (Å²) in [5.74, 6) is -0.728. The molecule has 2 aromatic carbocycles. The highest BCUT2D eigenvalue weighted by Gasteiger charge is 2.16. The molecule has 0 fully saturated rings. The quantitative estimate of drug-likeness (QED) is 0.741. The van der Waals surface area contributed by atoms with Crippen LogP contribution in [0.15, 0.2) is 42.5 Å². The standard InChI is InChI=1S/C22H26N2O5/c1-14-12-16(8-11-18(14)20(26)28-5)19(25)24-17-9-6-15(7-10-17)13-23-21(27)29-22(2,3)4/h6-12H,13H2,1-5H3,(H,23,27)(H,24,25). The van der Waals surface area contributed by atoms with E-state index in [2.05, 4.69) is 10.6 Å². The average Bonchev–Trinajstić information content (AvgIpc) is 2.65. The Hall–Kier alpha value is -3.35. The van der Waals surface area contributed by atoms with Crippen LogP contribution in [0.5, 0.6) is 0 Å². The van der Waals surface area contributed by atoms with E-state index in [-0.39, 0.29) is 5.91 Å². The number of ether oxygens (including phenoxy) is 2. The van der Waals surface area contributed by atoms with Crippen molar-refractivity contribution in [1.29, 1.82) is 0 Å². The molecule has 0 heterocycles. The van der Waals surface area contributed by atoms with E-state index in [1.165, 1.54) is 7.11 Å². The maximum atomic E-state index is 12.4. The number of hydrogen-bond acceptors (Lipinski definition) is 5. The van der Waals surface area contributed by atoms with E-state index in [0.717, 1.165) is 5.56 Å². The van der Waals surface area contributed by atoms with Gasteiger partial charge in [-0.3, -0.25) is 4.79 Å². The number of alkyl carbamates (subject to hydrolysis) is 1. The number of hydrogen-bond donors (Lipinski definition) is 2. The number of nitrogens with one attached hydrogen (secondary N) is 2. The monoisotopic (exact) mass is 398 g/mol. The Kier molecular flexibility index (Phi) is 6.98. The smallest absolute Gasteiger partial charge is 0.407 e. The van der Waals surface area contributed by atoms with Crippen molar-refractivity contribution >= 4 is 23.7 Å². The van der Waals surface area contributed by atoms with Gasteiger partial charge in [0.25, 0.3) is 5.91 Å². The van der Waals surface area contributed by atoms with Crippen LogP contribution in [-0.4, -0.2) is 30.7 Å². The van der Waals surface area contributed by atoms with Gasteiger partial charge in [0.2, 0.25) is 0 Å². The summed E-state index contributed by atoms with van der Waals surface area (Å²) in [4.78, 5) is 35.8. The summed E-state index contributed by atoms with van der Waals surface area (Å²) < 4.78 is 9.90. The fourth-order valence-electron chi connectivity index (χ4n) is 2.54. The number of amides is 2. The van der Waals surface area contributed by atoms with Crippen molar-refractivity contribution in [2.24, 2.45) is 0 Å². The minimum absolute atomic E-state index is 0.288. The summed E-state index contributed by atoms with van der Waals surface area (Å²) >= 11 is 0. The second-order valence-electron chi connectivity index (χ2n) is 7.53. The van der Waals surface area contributed by atoms with Crippen LogP contribution >= 0.6 is 0 Å². The van der Waals surface area contributed by atoms with Crippen LogP contribution in [0.25, 0.3) is 0 Å². The van der Waals surface area contributed by atoms with Gasteiger partial charge in [-0.05, 0) is 69.2 Å². The van der Waals surface area contributed by atoms with Crippen LogP contribution in [0.2, 0.25) is 0 Å². The van der Waals surface area contributed by atoms with Crippen LogP contribution in [0.1, 0.15) is 52.6 Å². The number of benzene rings is 2. The number of esters is 1. The van der Waals surface area contributed by atoms with Crippen molar-refractivity contribution < 1.29 is 23.9 Å². The lowest BCUT2D eigenvalue weighted by molar-refractivity contribution is 0.0522. The van der Waals surface area contributed by atoms with Crippen LogP contribution in [-0.2, 0) is 16.0 Å². The first kappa shape index (κ1) is 21.9. The Bertz CT molecular complexity index is 898. The normalized spacial score (nSPS) is 10.8. The van der Waals surface area contributed by atoms with Crippen molar-refractivity contribution in [3.05, 3.63) is 64.7 Å². The largest absolute Gasteiger partial charge is 0.465 e. The lowest BCUT2D eigenvalue weighted by atomic mass is 10.0. The average molecular weight is 398 g/mol. The zero-order valence-corrected chi connectivity index (χ0v) is 17.3. The van der Waals surface area contributed by atoms with E-state index in [9.17, 15) is 14.4 Å². The molecule has 0 atom stereocenters. The van der Waals surface area contributed by atoms with Gasteiger partial charge >= 0.3 is 12.1 Å². The van der Waals surface area contributed by atoms with Crippen LogP contribution < -0.4 is 10.6 Å². The van der Waals surface area contributed by atoms with Gasteiger partial charge in [-0.2, -0.15) is 0 Å². The van der Waals surface area contributed by atoms with Gasteiger partial charge in [-0.1, -0.05) is 12.1 Å². The first-order valence-corrected chi connectivity index (χ1v) is 9.15. The van der Waals surface area contributed by atoms with Gasteiger partial charge in [0.15, 0.2) is 0 Å². The molecule has 0 aliphatic carbocycles. The maximum Gasteiger partial charge on any atom is 0.407 e. The molecule has 0 saturated carbocycles. The Morgan fingerprint density at radius 3 is 2.21 bits per heavy atom. The molecule has 0 unspecified atom stereocenters. The Morgan fingerprint density at radius 2 is 1.66 bits per heavy atom. The summed E-state index contributed by atoms with van der Waals surface area (Å²) in [6, 6.07) is 11.9. The predicted molar refractivity (Wildman–Crippen MR) is 110 cm³/mol. The molecule has 2 N–H and O–H groups in total. The second kappa shape index (κ2) is 9.23. The Morgan fingerprint density at radius 1 is 1.00 bits per heavy atom. The third-order valence-corrected chi connectivity index (χ3v) is 3.94. The van der Waals surface area contributed by atoms with Gasteiger partial charge in [0, 0.05) is 17.8 Å². The number of aryl methyl sites for hydroxylation is 1. The van der Waals surface area contributed by atoms with E-state index >= 15 is 0 Å². The predicted octanol–water partition coefficient (Wildman–Crippen LogP) is 4.06. The molecule has 7 heteroatoms. The minimum Gasteiger partial charge on any atom is -0.465 e.